The van der Waals surface area contributed by atoms with Gasteiger partial charge in [-0.1, -0.05) is 6.92 Å². The van der Waals surface area contributed by atoms with Crippen molar-refractivity contribution in [1.29, 1.82) is 0 Å². The average Bonchev–Trinajstić information content (AvgIpc) is 2.66. The van der Waals surface area contributed by atoms with E-state index in [0.717, 1.165) is 30.4 Å². The summed E-state index contributed by atoms with van der Waals surface area (Å²) in [6, 6.07) is 2.04. The first-order valence-electron chi connectivity index (χ1n) is 9.69. The zero-order valence-corrected chi connectivity index (χ0v) is 16.6. The predicted octanol–water partition coefficient (Wildman–Crippen LogP) is 4.30. The quantitative estimate of drug-likeness (QED) is 0.649. The number of alkyl halides is 3. The summed E-state index contributed by atoms with van der Waals surface area (Å²) >= 11 is 0. The lowest BCUT2D eigenvalue weighted by molar-refractivity contribution is -0.140. The monoisotopic (exact) mass is 409 g/mol. The van der Waals surface area contributed by atoms with E-state index in [1.54, 1.807) is 5.01 Å². The van der Waals surface area contributed by atoms with Gasteiger partial charge in [-0.25, -0.2) is 9.38 Å². The number of likely N-dealkylation sites (N-methyl/N-ethyl adjacent to an activating group) is 1. The number of rotatable bonds is 1. The first kappa shape index (κ1) is 19.9. The third kappa shape index (κ3) is 3.41. The lowest BCUT2D eigenvalue weighted by Gasteiger charge is -2.41. The Bertz CT molecular complexity index is 924. The third-order valence-electron chi connectivity index (χ3n) is 5.57. The van der Waals surface area contributed by atoms with Crippen LogP contribution in [0.25, 0.3) is 5.70 Å². The van der Waals surface area contributed by atoms with E-state index in [2.05, 4.69) is 19.9 Å². The van der Waals surface area contributed by atoms with Crippen LogP contribution in [0.4, 0.5) is 23.2 Å². The topological polar surface area (TPSA) is 34.4 Å². The second-order valence-corrected chi connectivity index (χ2v) is 7.65. The fraction of sp³-hybridized carbons (Fsp3) is 0.500. The normalized spacial score (nSPS) is 20.4. The molecule has 3 aliphatic rings. The Morgan fingerprint density at radius 2 is 1.79 bits per heavy atom. The first-order valence-corrected chi connectivity index (χ1v) is 9.69. The molecule has 29 heavy (non-hydrogen) atoms. The molecule has 1 aromatic rings. The Balaban J connectivity index is 1.92. The molecule has 1 aromatic carbocycles. The highest BCUT2D eigenvalue weighted by Crippen LogP contribution is 2.45. The van der Waals surface area contributed by atoms with Crippen LogP contribution in [0.15, 0.2) is 27.8 Å². The van der Waals surface area contributed by atoms with Gasteiger partial charge in [0.1, 0.15) is 5.82 Å². The van der Waals surface area contributed by atoms with Crippen molar-refractivity contribution in [2.75, 3.05) is 33.2 Å². The van der Waals surface area contributed by atoms with Gasteiger partial charge in [-0.2, -0.15) is 23.3 Å². The summed E-state index contributed by atoms with van der Waals surface area (Å²) in [5, 5.41) is 6.12. The molecule has 0 unspecified atom stereocenters. The maximum absolute atomic E-state index is 15.1. The van der Waals surface area contributed by atoms with Crippen molar-refractivity contribution in [3.05, 3.63) is 34.6 Å². The molecule has 0 amide bonds. The van der Waals surface area contributed by atoms with E-state index in [1.807, 2.05) is 20.9 Å². The van der Waals surface area contributed by atoms with E-state index in [4.69, 9.17) is 0 Å². The van der Waals surface area contributed by atoms with Gasteiger partial charge >= 0.3 is 6.18 Å². The molecule has 9 heteroatoms. The molecule has 0 bridgehead atoms. The van der Waals surface area contributed by atoms with Gasteiger partial charge < -0.3 is 9.80 Å². The summed E-state index contributed by atoms with van der Waals surface area (Å²) in [5.74, 6) is -0.735. The van der Waals surface area contributed by atoms with Gasteiger partial charge in [-0.3, -0.25) is 0 Å². The van der Waals surface area contributed by atoms with Crippen LogP contribution in [0.3, 0.4) is 0 Å². The number of allylic oxidation sites excluding steroid dienone is 1. The standard InChI is InChI=1S/C20H23F4N5/c1-4-13-11-12(2)26-29-18(13)16-15(6-5-14(17(16)21)20(22,23)24)25-19(29)28-9-7-27(3)8-10-28/h5-6H,4,7-11H2,1-3H3. The SMILES string of the molecule is CCC1=C2c3c(ccc(C(F)(F)F)c3F)N=C(N3CCN(C)CC3)N2N=C(C)C1. The molecular formula is C20H23F4N5. The zero-order chi connectivity index (χ0) is 20.9. The van der Waals surface area contributed by atoms with Crippen molar-refractivity contribution in [3.8, 4) is 0 Å². The molecule has 1 saturated heterocycles. The first-order chi connectivity index (χ1) is 13.7. The minimum Gasteiger partial charge on any atom is -0.338 e. The molecule has 4 rings (SSSR count). The number of nitrogens with zero attached hydrogens (tertiary/aromatic N) is 5. The van der Waals surface area contributed by atoms with E-state index < -0.39 is 17.6 Å². The van der Waals surface area contributed by atoms with E-state index >= 15 is 4.39 Å². The van der Waals surface area contributed by atoms with Crippen LogP contribution >= 0.6 is 0 Å². The fourth-order valence-electron chi connectivity index (χ4n) is 3.99. The average molecular weight is 409 g/mol. The largest absolute Gasteiger partial charge is 0.419 e. The van der Waals surface area contributed by atoms with E-state index in [0.29, 0.717) is 37.6 Å². The van der Waals surface area contributed by atoms with Crippen LogP contribution in [0.5, 0.6) is 0 Å². The lowest BCUT2D eigenvalue weighted by atomic mass is 9.94. The Labute approximate surface area is 167 Å². The number of piperazine rings is 1. The minimum atomic E-state index is -4.77. The number of hydrogen-bond acceptors (Lipinski definition) is 5. The van der Waals surface area contributed by atoms with Crippen molar-refractivity contribution in [1.82, 2.24) is 14.8 Å². The van der Waals surface area contributed by atoms with Crippen LogP contribution in [0.2, 0.25) is 0 Å². The molecule has 0 saturated carbocycles. The molecule has 3 aliphatic heterocycles. The van der Waals surface area contributed by atoms with Crippen molar-refractivity contribution >= 4 is 23.1 Å². The number of hydrogen-bond donors (Lipinski definition) is 0. The van der Waals surface area contributed by atoms with Crippen LogP contribution in [0.1, 0.15) is 37.8 Å². The van der Waals surface area contributed by atoms with Gasteiger partial charge in [-0.15, -0.1) is 0 Å². The second kappa shape index (κ2) is 7.12. The molecule has 0 radical (unpaired) electrons. The summed E-state index contributed by atoms with van der Waals surface area (Å²) < 4.78 is 55.2. The van der Waals surface area contributed by atoms with Crippen LogP contribution in [-0.4, -0.2) is 59.7 Å². The van der Waals surface area contributed by atoms with Crippen LogP contribution in [-0.2, 0) is 6.18 Å². The highest BCUT2D eigenvalue weighted by Gasteiger charge is 2.41. The molecule has 0 spiro atoms. The fourth-order valence-corrected chi connectivity index (χ4v) is 3.99. The zero-order valence-electron chi connectivity index (χ0n) is 16.6. The molecule has 156 valence electrons. The van der Waals surface area contributed by atoms with Gasteiger partial charge in [0.05, 0.1) is 22.5 Å². The number of halogens is 4. The van der Waals surface area contributed by atoms with E-state index in [9.17, 15) is 13.2 Å². The van der Waals surface area contributed by atoms with Crippen molar-refractivity contribution < 1.29 is 17.6 Å². The summed E-state index contributed by atoms with van der Waals surface area (Å²) in [6.45, 7) is 6.89. The Morgan fingerprint density at radius 1 is 1.10 bits per heavy atom. The van der Waals surface area contributed by atoms with Gasteiger partial charge in [-0.05, 0) is 38.1 Å². The molecule has 0 aromatic heterocycles. The predicted molar refractivity (Wildman–Crippen MR) is 104 cm³/mol. The molecular weight excluding hydrogens is 386 g/mol. The smallest absolute Gasteiger partial charge is 0.338 e. The lowest BCUT2D eigenvalue weighted by Crippen LogP contribution is -2.52. The number of fused-ring (bicyclic) bond motifs is 3. The summed E-state index contributed by atoms with van der Waals surface area (Å²) in [7, 11) is 2.03. The molecule has 0 atom stereocenters. The third-order valence-corrected chi connectivity index (χ3v) is 5.57. The summed E-state index contributed by atoms with van der Waals surface area (Å²) in [6.07, 6.45) is -3.68. The number of benzene rings is 1. The van der Waals surface area contributed by atoms with Gasteiger partial charge in [0.25, 0.3) is 0 Å². The van der Waals surface area contributed by atoms with Gasteiger partial charge in [0.15, 0.2) is 0 Å². The Kier molecular flexibility index (Phi) is 4.88. The van der Waals surface area contributed by atoms with Crippen molar-refractivity contribution in [3.63, 3.8) is 0 Å². The summed E-state index contributed by atoms with van der Waals surface area (Å²) in [4.78, 5) is 8.83. The maximum atomic E-state index is 15.1. The van der Waals surface area contributed by atoms with Crippen LogP contribution < -0.4 is 0 Å². The molecule has 1 fully saturated rings. The highest BCUT2D eigenvalue weighted by atomic mass is 19.4. The van der Waals surface area contributed by atoms with E-state index in [1.165, 1.54) is 6.07 Å². The van der Waals surface area contributed by atoms with Crippen molar-refractivity contribution in [2.45, 2.75) is 32.9 Å². The van der Waals surface area contributed by atoms with Crippen LogP contribution in [0, 0.1) is 5.82 Å². The Morgan fingerprint density at radius 3 is 2.41 bits per heavy atom. The number of aliphatic imine (C=N–C) groups is 1. The molecule has 3 heterocycles. The molecule has 0 aliphatic carbocycles. The summed E-state index contributed by atoms with van der Waals surface area (Å²) in [5.41, 5.74) is 0.924. The maximum Gasteiger partial charge on any atom is 0.419 e. The van der Waals surface area contributed by atoms with Crippen molar-refractivity contribution in [2.24, 2.45) is 10.1 Å². The van der Waals surface area contributed by atoms with Gasteiger partial charge in [0.2, 0.25) is 5.96 Å². The van der Waals surface area contributed by atoms with E-state index in [-0.39, 0.29) is 11.3 Å². The number of guanidine groups is 1. The molecule has 5 nitrogen and oxygen atoms in total. The molecule has 0 N–H and O–H groups in total. The Hall–Kier alpha value is -2.42. The second-order valence-electron chi connectivity index (χ2n) is 7.65. The highest BCUT2D eigenvalue weighted by molar-refractivity contribution is 6.02. The van der Waals surface area contributed by atoms with Gasteiger partial charge in [0, 0.05) is 38.3 Å². The number of hydrazone groups is 1. The minimum absolute atomic E-state index is 0.106.